The van der Waals surface area contributed by atoms with Crippen LogP contribution < -0.4 is 11.5 Å². The molecule has 6 heteroatoms. The summed E-state index contributed by atoms with van der Waals surface area (Å²) in [5.41, 5.74) is 13.1. The van der Waals surface area contributed by atoms with Crippen LogP contribution in [0, 0.1) is 11.3 Å². The molecule has 2 heterocycles. The summed E-state index contributed by atoms with van der Waals surface area (Å²) in [5, 5.41) is 9.30. The second-order valence-electron chi connectivity index (χ2n) is 4.62. The molecule has 0 atom stereocenters. The van der Waals surface area contributed by atoms with Crippen LogP contribution in [0.15, 0.2) is 24.3 Å². The van der Waals surface area contributed by atoms with Crippen LogP contribution in [0.4, 0.5) is 5.82 Å². The first-order chi connectivity index (χ1) is 9.76. The van der Waals surface area contributed by atoms with Gasteiger partial charge in [0.05, 0.1) is 17.6 Å². The molecule has 0 aliphatic rings. The second-order valence-corrected chi connectivity index (χ2v) is 4.62. The lowest BCUT2D eigenvalue weighted by Gasteiger charge is -2.05. The Bertz CT molecular complexity index is 827. The fraction of sp³-hybridized carbons (Fsp3) is 0.214. The van der Waals surface area contributed by atoms with Crippen molar-refractivity contribution in [1.82, 2.24) is 14.5 Å². The summed E-state index contributed by atoms with van der Waals surface area (Å²) >= 11 is 0. The molecule has 0 saturated heterocycles. The topological polar surface area (TPSA) is 108 Å². The molecule has 1 aromatic carbocycles. The molecule has 3 rings (SSSR count). The summed E-state index contributed by atoms with van der Waals surface area (Å²) in [6.45, 7) is 1.50. The average Bonchev–Trinajstić information content (AvgIpc) is 2.73. The number of benzene rings is 1. The van der Waals surface area contributed by atoms with Gasteiger partial charge in [-0.1, -0.05) is 12.1 Å². The minimum absolute atomic E-state index is 0.405. The lowest BCUT2D eigenvalue weighted by molar-refractivity contribution is -0.368. The van der Waals surface area contributed by atoms with E-state index < -0.39 is 0 Å². The molecule has 0 aliphatic heterocycles. The number of fused-ring (bicyclic) bond motifs is 2. The van der Waals surface area contributed by atoms with Gasteiger partial charge >= 0.3 is 0 Å². The highest BCUT2D eigenvalue weighted by molar-refractivity contribution is 5.92. The molecule has 0 bridgehead atoms. The Hall–Kier alpha value is -2.65. The van der Waals surface area contributed by atoms with Crippen LogP contribution in [-0.4, -0.2) is 21.1 Å². The van der Waals surface area contributed by atoms with Crippen LogP contribution in [0.25, 0.3) is 22.2 Å². The molecule has 2 aromatic heterocycles. The number of quaternary nitrogens is 1. The fourth-order valence-corrected chi connectivity index (χ4v) is 2.32. The van der Waals surface area contributed by atoms with Gasteiger partial charge in [0.25, 0.3) is 0 Å². The van der Waals surface area contributed by atoms with E-state index >= 15 is 0 Å². The maximum absolute atomic E-state index is 9.30. The largest absolute Gasteiger partial charge is 0.384 e. The van der Waals surface area contributed by atoms with E-state index in [-0.39, 0.29) is 0 Å². The summed E-state index contributed by atoms with van der Waals surface area (Å²) in [6, 6.07) is 9.74. The average molecular weight is 267 g/mol. The number of aryl methyl sites for hydroxylation is 1. The van der Waals surface area contributed by atoms with E-state index in [4.69, 9.17) is 5.73 Å². The molecule has 3 aromatic rings. The number of para-hydroxylation sites is 2. The van der Waals surface area contributed by atoms with Gasteiger partial charge in [0.15, 0.2) is 5.65 Å². The lowest BCUT2D eigenvalue weighted by Crippen LogP contribution is -2.50. The molecule has 0 saturated carbocycles. The number of nitriles is 1. The predicted molar refractivity (Wildman–Crippen MR) is 76.5 cm³/mol. The number of hydrogen-bond acceptors (Lipinski definition) is 4. The van der Waals surface area contributed by atoms with Crippen LogP contribution in [-0.2, 0) is 6.54 Å². The molecular formula is C14H15N6+. The number of nitrogens with zero attached hydrogens (tertiary/aromatic N) is 4. The molecule has 5 N–H and O–H groups in total. The number of rotatable bonds is 3. The Morgan fingerprint density at radius 3 is 2.60 bits per heavy atom. The van der Waals surface area contributed by atoms with Crippen LogP contribution in [0.3, 0.4) is 0 Å². The maximum atomic E-state index is 9.30. The van der Waals surface area contributed by atoms with Crippen LogP contribution in [0.1, 0.15) is 12.0 Å². The highest BCUT2D eigenvalue weighted by atomic mass is 15.1. The Kier molecular flexibility index (Phi) is 2.97. The summed E-state index contributed by atoms with van der Waals surface area (Å²) in [6.07, 6.45) is 0.882. The number of nitrogens with two attached hydrogens (primary N) is 1. The van der Waals surface area contributed by atoms with E-state index in [1.165, 1.54) is 0 Å². The van der Waals surface area contributed by atoms with Crippen molar-refractivity contribution < 1.29 is 5.73 Å². The third kappa shape index (κ3) is 1.76. The number of aromatic nitrogens is 3. The van der Waals surface area contributed by atoms with E-state index in [1.807, 2.05) is 28.8 Å². The lowest BCUT2D eigenvalue weighted by atomic mass is 10.2. The molecule has 20 heavy (non-hydrogen) atoms. The van der Waals surface area contributed by atoms with Crippen molar-refractivity contribution in [1.29, 1.82) is 5.26 Å². The molecule has 6 nitrogen and oxygen atoms in total. The summed E-state index contributed by atoms with van der Waals surface area (Å²) in [7, 11) is 0. The van der Waals surface area contributed by atoms with Crippen LogP contribution in [0.5, 0.6) is 0 Å². The maximum Gasteiger partial charge on any atom is 0.162 e. The molecule has 0 amide bonds. The second kappa shape index (κ2) is 4.79. The van der Waals surface area contributed by atoms with Gasteiger partial charge in [-0.05, 0) is 12.1 Å². The van der Waals surface area contributed by atoms with Crippen LogP contribution in [0.2, 0.25) is 0 Å². The summed E-state index contributed by atoms with van der Waals surface area (Å²) in [4.78, 5) is 9.15. The van der Waals surface area contributed by atoms with Gasteiger partial charge < -0.3 is 16.0 Å². The first kappa shape index (κ1) is 12.4. The first-order valence-electron chi connectivity index (χ1n) is 6.50. The zero-order valence-corrected chi connectivity index (χ0v) is 11.0. The predicted octanol–water partition coefficient (Wildman–Crippen LogP) is 0.670. The third-order valence-electron chi connectivity index (χ3n) is 3.34. The zero-order chi connectivity index (χ0) is 14.1. The van der Waals surface area contributed by atoms with E-state index in [0.717, 1.165) is 24.0 Å². The van der Waals surface area contributed by atoms with Crippen molar-refractivity contribution in [2.75, 3.05) is 12.3 Å². The molecule has 0 unspecified atom stereocenters. The van der Waals surface area contributed by atoms with E-state index in [2.05, 4.69) is 21.8 Å². The Morgan fingerprint density at radius 1 is 1.25 bits per heavy atom. The third-order valence-corrected chi connectivity index (χ3v) is 3.34. The Balaban J connectivity index is 2.35. The molecule has 0 radical (unpaired) electrons. The number of anilines is 1. The van der Waals surface area contributed by atoms with Gasteiger partial charge in [0.2, 0.25) is 0 Å². The van der Waals surface area contributed by atoms with Gasteiger partial charge in [0.1, 0.15) is 23.0 Å². The summed E-state index contributed by atoms with van der Waals surface area (Å²) < 4.78 is 1.86. The standard InChI is InChI=1S/C14H14N6/c15-6-3-7-20-13(17)9(8-16)12-14(20)19-11-5-2-1-4-10(11)18-12/h1-2,4-5H,3,6-7,15,17H2/p+1. The highest BCUT2D eigenvalue weighted by Crippen LogP contribution is 2.27. The van der Waals surface area contributed by atoms with Gasteiger partial charge in [-0.25, -0.2) is 9.97 Å². The quantitative estimate of drug-likeness (QED) is 0.727. The van der Waals surface area contributed by atoms with Crippen molar-refractivity contribution in [2.45, 2.75) is 13.0 Å². The van der Waals surface area contributed by atoms with Gasteiger partial charge in [-0.2, -0.15) is 5.26 Å². The number of nitrogen functional groups attached to an aromatic ring is 1. The van der Waals surface area contributed by atoms with E-state index in [0.29, 0.717) is 29.1 Å². The van der Waals surface area contributed by atoms with Crippen LogP contribution >= 0.6 is 0 Å². The van der Waals surface area contributed by atoms with Crippen molar-refractivity contribution in [3.8, 4) is 6.07 Å². The zero-order valence-electron chi connectivity index (χ0n) is 11.0. The summed E-state index contributed by atoms with van der Waals surface area (Å²) in [5.74, 6) is 0.436. The molecular weight excluding hydrogens is 252 g/mol. The van der Waals surface area contributed by atoms with Crippen molar-refractivity contribution in [2.24, 2.45) is 0 Å². The van der Waals surface area contributed by atoms with E-state index in [9.17, 15) is 5.26 Å². The molecule has 0 aliphatic carbocycles. The van der Waals surface area contributed by atoms with Crippen molar-refractivity contribution in [3.05, 3.63) is 29.8 Å². The molecule has 0 spiro atoms. The van der Waals surface area contributed by atoms with Gasteiger partial charge in [-0.15, -0.1) is 0 Å². The van der Waals surface area contributed by atoms with Crippen molar-refractivity contribution in [3.63, 3.8) is 0 Å². The monoisotopic (exact) mass is 267 g/mol. The minimum Gasteiger partial charge on any atom is -0.384 e. The van der Waals surface area contributed by atoms with E-state index in [1.54, 1.807) is 0 Å². The molecule has 0 fully saturated rings. The first-order valence-corrected chi connectivity index (χ1v) is 6.50. The number of hydrogen-bond donors (Lipinski definition) is 2. The normalized spacial score (nSPS) is 11.0. The SMILES string of the molecule is N#Cc1c(N)n(CCC[NH3+])c2nc3ccccc3nc12. The molecule has 100 valence electrons. The minimum atomic E-state index is 0.405. The smallest absolute Gasteiger partial charge is 0.162 e. The highest BCUT2D eigenvalue weighted by Gasteiger charge is 2.17. The van der Waals surface area contributed by atoms with Crippen molar-refractivity contribution >= 4 is 28.0 Å². The Labute approximate surface area is 115 Å². The van der Waals surface area contributed by atoms with Gasteiger partial charge in [0, 0.05) is 13.0 Å². The fourth-order valence-electron chi connectivity index (χ4n) is 2.32. The van der Waals surface area contributed by atoms with Gasteiger partial charge in [-0.3, -0.25) is 0 Å². The Morgan fingerprint density at radius 2 is 1.95 bits per heavy atom.